The van der Waals surface area contributed by atoms with Gasteiger partial charge in [-0.15, -0.1) is 11.6 Å². The van der Waals surface area contributed by atoms with Gasteiger partial charge in [-0.1, -0.05) is 18.2 Å². The van der Waals surface area contributed by atoms with Crippen molar-refractivity contribution in [2.24, 2.45) is 0 Å². The number of benzene rings is 1. The van der Waals surface area contributed by atoms with Crippen LogP contribution in [0.15, 0.2) is 41.0 Å². The summed E-state index contributed by atoms with van der Waals surface area (Å²) < 4.78 is 0.882. The Labute approximate surface area is 136 Å². The fourth-order valence-electron chi connectivity index (χ4n) is 2.23. The third-order valence-corrected chi connectivity index (χ3v) is 4.17. The molecule has 2 aromatic heterocycles. The molecule has 1 atom stereocenters. The predicted molar refractivity (Wildman–Crippen MR) is 89.5 cm³/mol. The van der Waals surface area contributed by atoms with Gasteiger partial charge in [0.1, 0.15) is 5.69 Å². The van der Waals surface area contributed by atoms with E-state index in [1.165, 1.54) is 0 Å². The molecule has 0 saturated heterocycles. The largest absolute Gasteiger partial charge is 0.243 e. The first-order valence-corrected chi connectivity index (χ1v) is 7.82. The number of hydrogen-bond acceptors (Lipinski definition) is 3. The third-order valence-electron chi connectivity index (χ3n) is 3.34. The lowest BCUT2D eigenvalue weighted by molar-refractivity contribution is 0.971. The van der Waals surface area contributed by atoms with Crippen LogP contribution in [0.4, 0.5) is 0 Å². The molecular weight excluding hydrogens is 350 g/mol. The Kier molecular flexibility index (Phi) is 3.91. The number of para-hydroxylation sites is 1. The Bertz CT molecular complexity index is 818. The fourth-order valence-corrected chi connectivity index (χ4v) is 2.95. The number of halogens is 2. The molecule has 0 radical (unpaired) electrons. The summed E-state index contributed by atoms with van der Waals surface area (Å²) in [5, 5.41) is 0.975. The van der Waals surface area contributed by atoms with E-state index in [0.717, 1.165) is 32.3 Å². The average molecular weight is 363 g/mol. The highest BCUT2D eigenvalue weighted by Crippen LogP contribution is 2.29. The zero-order valence-corrected chi connectivity index (χ0v) is 14.0. The Balaban J connectivity index is 2.16. The van der Waals surface area contributed by atoms with E-state index in [9.17, 15) is 0 Å². The number of nitrogens with zero attached hydrogens (tertiary/aromatic N) is 3. The highest BCUT2D eigenvalue weighted by atomic mass is 79.9. The lowest BCUT2D eigenvalue weighted by atomic mass is 10.1. The van der Waals surface area contributed by atoms with Crippen LogP contribution < -0.4 is 0 Å². The summed E-state index contributed by atoms with van der Waals surface area (Å²) in [6.07, 6.45) is 1.78. The quantitative estimate of drug-likeness (QED) is 0.598. The molecule has 0 fully saturated rings. The van der Waals surface area contributed by atoms with Crippen LogP contribution in [-0.4, -0.2) is 15.0 Å². The van der Waals surface area contributed by atoms with E-state index >= 15 is 0 Å². The molecule has 3 nitrogen and oxygen atoms in total. The molecule has 1 aromatic carbocycles. The van der Waals surface area contributed by atoms with Gasteiger partial charge in [0.25, 0.3) is 0 Å². The predicted octanol–water partition coefficient (Wildman–Crippen LogP) is 5.06. The van der Waals surface area contributed by atoms with Crippen molar-refractivity contribution in [3.05, 3.63) is 52.3 Å². The van der Waals surface area contributed by atoms with Crippen molar-refractivity contribution in [1.82, 2.24) is 15.0 Å². The zero-order chi connectivity index (χ0) is 15.0. The maximum absolute atomic E-state index is 6.11. The van der Waals surface area contributed by atoms with E-state index in [1.54, 1.807) is 6.20 Å². The van der Waals surface area contributed by atoms with Gasteiger partial charge in [0.05, 0.1) is 10.9 Å². The highest BCUT2D eigenvalue weighted by molar-refractivity contribution is 9.10. The second kappa shape index (κ2) is 5.70. The van der Waals surface area contributed by atoms with Crippen LogP contribution >= 0.6 is 27.5 Å². The van der Waals surface area contributed by atoms with Crippen LogP contribution in [0.3, 0.4) is 0 Å². The lowest BCUT2D eigenvalue weighted by Gasteiger charge is -2.09. The molecule has 1 unspecified atom stereocenters. The van der Waals surface area contributed by atoms with Crippen LogP contribution in [-0.2, 0) is 0 Å². The van der Waals surface area contributed by atoms with Gasteiger partial charge in [0.15, 0.2) is 5.82 Å². The van der Waals surface area contributed by atoms with Crippen LogP contribution in [0.25, 0.3) is 22.4 Å². The van der Waals surface area contributed by atoms with Crippen LogP contribution in [0, 0.1) is 6.92 Å². The molecule has 0 aliphatic carbocycles. The summed E-state index contributed by atoms with van der Waals surface area (Å²) in [6, 6.07) is 10.0. The molecule has 0 aliphatic rings. The van der Waals surface area contributed by atoms with Gasteiger partial charge in [-0.05, 0) is 41.9 Å². The first-order valence-electron chi connectivity index (χ1n) is 6.59. The number of alkyl halides is 1. The molecule has 0 bridgehead atoms. The Morgan fingerprint density at radius 3 is 2.67 bits per heavy atom. The molecule has 0 N–H and O–H groups in total. The number of aromatic nitrogens is 3. The Morgan fingerprint density at radius 1 is 1.19 bits per heavy atom. The molecule has 5 heteroatoms. The molecule has 3 aromatic rings. The monoisotopic (exact) mass is 361 g/mol. The molecule has 0 amide bonds. The van der Waals surface area contributed by atoms with E-state index in [0.29, 0.717) is 5.82 Å². The first-order chi connectivity index (χ1) is 10.1. The lowest BCUT2D eigenvalue weighted by Crippen LogP contribution is -2.00. The third kappa shape index (κ3) is 2.78. The number of rotatable bonds is 2. The zero-order valence-electron chi connectivity index (χ0n) is 11.6. The summed E-state index contributed by atoms with van der Waals surface area (Å²) in [7, 11) is 0. The second-order valence-corrected chi connectivity index (χ2v) is 6.37. The molecule has 21 heavy (non-hydrogen) atoms. The molecular formula is C16H13BrClN3. The van der Waals surface area contributed by atoms with Crippen LogP contribution in [0.5, 0.6) is 0 Å². The highest BCUT2D eigenvalue weighted by Gasteiger charge is 2.13. The average Bonchev–Trinajstić information content (AvgIpc) is 2.46. The summed E-state index contributed by atoms with van der Waals surface area (Å²) in [5.74, 6) is 0.603. The van der Waals surface area contributed by atoms with Gasteiger partial charge in [0, 0.05) is 27.3 Å². The van der Waals surface area contributed by atoms with Gasteiger partial charge in [-0.2, -0.15) is 0 Å². The van der Waals surface area contributed by atoms with Crippen molar-refractivity contribution in [2.45, 2.75) is 19.2 Å². The van der Waals surface area contributed by atoms with Gasteiger partial charge in [0.2, 0.25) is 0 Å². The fraction of sp³-hybridized carbons (Fsp3) is 0.188. The maximum Gasteiger partial charge on any atom is 0.179 e. The molecule has 0 saturated carbocycles. The minimum absolute atomic E-state index is 0.105. The summed E-state index contributed by atoms with van der Waals surface area (Å²) in [5.41, 5.74) is 3.49. The minimum atomic E-state index is -0.105. The van der Waals surface area contributed by atoms with Crippen molar-refractivity contribution in [3.8, 4) is 11.5 Å². The Morgan fingerprint density at radius 2 is 1.95 bits per heavy atom. The Hall–Kier alpha value is -1.52. The molecule has 3 rings (SSSR count). The van der Waals surface area contributed by atoms with Crippen molar-refractivity contribution >= 4 is 38.4 Å². The smallest absolute Gasteiger partial charge is 0.179 e. The molecule has 2 heterocycles. The number of fused-ring (bicyclic) bond motifs is 1. The summed E-state index contributed by atoms with van der Waals surface area (Å²) >= 11 is 9.67. The van der Waals surface area contributed by atoms with Gasteiger partial charge in [-0.3, -0.25) is 0 Å². The summed E-state index contributed by atoms with van der Waals surface area (Å²) in [4.78, 5) is 13.6. The van der Waals surface area contributed by atoms with Crippen LogP contribution in [0.2, 0.25) is 0 Å². The standard InChI is InChI=1S/C16H13BrClN3/c1-9(18)12-8-19-16(20-10(12)2)15-13(17)7-11-5-3-4-6-14(11)21-15/h3-9H,1-2H3. The van der Waals surface area contributed by atoms with Gasteiger partial charge >= 0.3 is 0 Å². The molecule has 0 aliphatic heterocycles. The SMILES string of the molecule is Cc1nc(-c2nc3ccccc3cc2Br)ncc1C(C)Cl. The second-order valence-electron chi connectivity index (χ2n) is 4.86. The van der Waals surface area contributed by atoms with Crippen LogP contribution in [0.1, 0.15) is 23.6 Å². The number of pyridine rings is 1. The molecule has 106 valence electrons. The number of aryl methyl sites for hydroxylation is 1. The summed E-state index contributed by atoms with van der Waals surface area (Å²) in [6.45, 7) is 3.85. The van der Waals surface area contributed by atoms with E-state index in [4.69, 9.17) is 11.6 Å². The van der Waals surface area contributed by atoms with Crippen molar-refractivity contribution < 1.29 is 0 Å². The minimum Gasteiger partial charge on any atom is -0.243 e. The van der Waals surface area contributed by atoms with Gasteiger partial charge in [-0.25, -0.2) is 15.0 Å². The van der Waals surface area contributed by atoms with E-state index in [1.807, 2.05) is 44.2 Å². The maximum atomic E-state index is 6.11. The van der Waals surface area contributed by atoms with E-state index in [2.05, 4.69) is 30.9 Å². The first kappa shape index (κ1) is 14.4. The topological polar surface area (TPSA) is 38.7 Å². The van der Waals surface area contributed by atoms with E-state index < -0.39 is 0 Å². The number of hydrogen-bond donors (Lipinski definition) is 0. The van der Waals surface area contributed by atoms with Gasteiger partial charge < -0.3 is 0 Å². The van der Waals surface area contributed by atoms with Crippen molar-refractivity contribution in [2.75, 3.05) is 0 Å². The normalized spacial score (nSPS) is 12.6. The van der Waals surface area contributed by atoms with E-state index in [-0.39, 0.29) is 5.38 Å². The molecule has 0 spiro atoms. The van der Waals surface area contributed by atoms with Crippen molar-refractivity contribution in [3.63, 3.8) is 0 Å². The van der Waals surface area contributed by atoms with Crippen molar-refractivity contribution in [1.29, 1.82) is 0 Å².